The molecule has 0 aliphatic rings. The molecule has 0 saturated heterocycles. The summed E-state index contributed by atoms with van der Waals surface area (Å²) in [6.45, 7) is 2.19. The molecule has 0 fully saturated rings. The molecule has 1 aromatic rings. The minimum Gasteiger partial charge on any atom is -0.349 e. The van der Waals surface area contributed by atoms with Crippen molar-refractivity contribution in [3.8, 4) is 0 Å². The Kier molecular flexibility index (Phi) is 4.10. The molecular formula is C10H14N2O2. The van der Waals surface area contributed by atoms with Gasteiger partial charge in [0.2, 0.25) is 0 Å². The summed E-state index contributed by atoms with van der Waals surface area (Å²) in [5, 5.41) is 2.71. The maximum Gasteiger partial charge on any atom is 0.251 e. The number of benzene rings is 1. The van der Waals surface area contributed by atoms with Crippen molar-refractivity contribution in [3.05, 3.63) is 35.9 Å². The predicted molar refractivity (Wildman–Crippen MR) is 53.5 cm³/mol. The largest absolute Gasteiger partial charge is 0.349 e. The van der Waals surface area contributed by atoms with Gasteiger partial charge in [0.05, 0.1) is 6.10 Å². The van der Waals surface area contributed by atoms with Crippen LogP contribution < -0.4 is 11.2 Å². The van der Waals surface area contributed by atoms with Crippen LogP contribution in [0.25, 0.3) is 0 Å². The first-order valence-electron chi connectivity index (χ1n) is 4.43. The van der Waals surface area contributed by atoms with Crippen molar-refractivity contribution in [1.82, 2.24) is 5.32 Å². The highest BCUT2D eigenvalue weighted by molar-refractivity contribution is 5.94. The maximum atomic E-state index is 11.5. The highest BCUT2D eigenvalue weighted by Crippen LogP contribution is 1.97. The second kappa shape index (κ2) is 5.36. The van der Waals surface area contributed by atoms with Crippen LogP contribution in [0, 0.1) is 0 Å². The molecule has 1 unspecified atom stereocenters. The highest BCUT2D eigenvalue weighted by atomic mass is 16.6. The summed E-state index contributed by atoms with van der Waals surface area (Å²) in [5.41, 5.74) is 0.636. The molecule has 3 N–H and O–H groups in total. The van der Waals surface area contributed by atoms with Gasteiger partial charge in [-0.15, -0.1) is 0 Å². The summed E-state index contributed by atoms with van der Waals surface area (Å²) in [5.74, 6) is 4.83. The number of hydrogen-bond acceptors (Lipinski definition) is 3. The zero-order valence-corrected chi connectivity index (χ0v) is 8.07. The Morgan fingerprint density at radius 3 is 2.71 bits per heavy atom. The van der Waals surface area contributed by atoms with E-state index in [9.17, 15) is 4.79 Å². The van der Waals surface area contributed by atoms with Gasteiger partial charge in [0.25, 0.3) is 5.91 Å². The molecule has 1 aromatic carbocycles. The minimum absolute atomic E-state index is 0.116. The number of rotatable bonds is 4. The number of nitrogens with one attached hydrogen (secondary N) is 1. The van der Waals surface area contributed by atoms with Crippen LogP contribution in [0.3, 0.4) is 0 Å². The lowest BCUT2D eigenvalue weighted by atomic mass is 10.2. The quantitative estimate of drug-likeness (QED) is 0.693. The van der Waals surface area contributed by atoms with Crippen LogP contribution in [0.2, 0.25) is 0 Å². The number of carbonyl (C=O) groups excluding carboxylic acids is 1. The van der Waals surface area contributed by atoms with Crippen LogP contribution in [0.4, 0.5) is 0 Å². The molecule has 0 bridgehead atoms. The fraction of sp³-hybridized carbons (Fsp3) is 0.300. The zero-order valence-electron chi connectivity index (χ0n) is 8.07. The van der Waals surface area contributed by atoms with E-state index in [1.165, 1.54) is 0 Å². The third kappa shape index (κ3) is 3.16. The molecule has 0 radical (unpaired) electrons. The van der Waals surface area contributed by atoms with E-state index in [1.807, 2.05) is 18.2 Å². The van der Waals surface area contributed by atoms with E-state index in [1.54, 1.807) is 19.1 Å². The lowest BCUT2D eigenvalue weighted by Crippen LogP contribution is -2.33. The van der Waals surface area contributed by atoms with Crippen LogP contribution >= 0.6 is 0 Å². The Labute approximate surface area is 83.0 Å². The van der Waals surface area contributed by atoms with E-state index in [2.05, 4.69) is 10.2 Å². The number of amides is 1. The summed E-state index contributed by atoms with van der Waals surface area (Å²) in [7, 11) is 0. The smallest absolute Gasteiger partial charge is 0.251 e. The topological polar surface area (TPSA) is 64.3 Å². The summed E-state index contributed by atoms with van der Waals surface area (Å²) in [4.78, 5) is 16.0. The van der Waals surface area contributed by atoms with Gasteiger partial charge in [-0.3, -0.25) is 9.63 Å². The molecule has 0 aliphatic heterocycles. The van der Waals surface area contributed by atoms with Crippen molar-refractivity contribution < 1.29 is 9.63 Å². The average molecular weight is 194 g/mol. The molecule has 4 nitrogen and oxygen atoms in total. The summed E-state index contributed by atoms with van der Waals surface area (Å²) >= 11 is 0. The van der Waals surface area contributed by atoms with Crippen molar-refractivity contribution in [2.45, 2.75) is 13.0 Å². The highest BCUT2D eigenvalue weighted by Gasteiger charge is 2.05. The standard InChI is InChI=1S/C10H14N2O2/c1-8(14-11)7-12-10(13)9-5-3-2-4-6-9/h2-6,8H,7,11H2,1H3,(H,12,13). The second-order valence-electron chi connectivity index (χ2n) is 3.02. The van der Waals surface area contributed by atoms with Crippen LogP contribution in [0.1, 0.15) is 17.3 Å². The van der Waals surface area contributed by atoms with Gasteiger partial charge >= 0.3 is 0 Å². The molecule has 76 valence electrons. The van der Waals surface area contributed by atoms with Crippen molar-refractivity contribution >= 4 is 5.91 Å². The van der Waals surface area contributed by atoms with Gasteiger partial charge < -0.3 is 5.32 Å². The predicted octanol–water partition coefficient (Wildman–Crippen LogP) is 0.695. The zero-order chi connectivity index (χ0) is 10.4. The van der Waals surface area contributed by atoms with Crippen molar-refractivity contribution in [2.24, 2.45) is 5.90 Å². The third-order valence-corrected chi connectivity index (χ3v) is 1.82. The van der Waals surface area contributed by atoms with Gasteiger partial charge in [-0.1, -0.05) is 18.2 Å². The Balaban J connectivity index is 2.44. The third-order valence-electron chi connectivity index (χ3n) is 1.82. The maximum absolute atomic E-state index is 11.5. The van der Waals surface area contributed by atoms with Crippen LogP contribution in [0.5, 0.6) is 0 Å². The first-order valence-corrected chi connectivity index (χ1v) is 4.43. The monoisotopic (exact) mass is 194 g/mol. The fourth-order valence-corrected chi connectivity index (χ4v) is 0.976. The van der Waals surface area contributed by atoms with Gasteiger partial charge in [0, 0.05) is 12.1 Å². The molecule has 0 spiro atoms. The number of nitrogens with two attached hydrogens (primary N) is 1. The molecule has 1 rings (SSSR count). The Morgan fingerprint density at radius 2 is 2.14 bits per heavy atom. The van der Waals surface area contributed by atoms with Gasteiger partial charge in [-0.05, 0) is 19.1 Å². The van der Waals surface area contributed by atoms with E-state index >= 15 is 0 Å². The Bertz CT molecular complexity index is 287. The Morgan fingerprint density at radius 1 is 1.50 bits per heavy atom. The van der Waals surface area contributed by atoms with Gasteiger partial charge in [0.1, 0.15) is 0 Å². The SMILES string of the molecule is CC(CNC(=O)c1ccccc1)ON. The summed E-state index contributed by atoms with van der Waals surface area (Å²) in [6.07, 6.45) is -0.178. The van der Waals surface area contributed by atoms with Crippen LogP contribution in [0.15, 0.2) is 30.3 Å². The Hall–Kier alpha value is -1.39. The normalized spacial score (nSPS) is 12.1. The minimum atomic E-state index is -0.178. The first-order chi connectivity index (χ1) is 6.74. The van der Waals surface area contributed by atoms with Crippen LogP contribution in [-0.2, 0) is 4.84 Å². The molecule has 1 amide bonds. The molecule has 0 saturated carbocycles. The lowest BCUT2D eigenvalue weighted by molar-refractivity contribution is 0.0622. The van der Waals surface area contributed by atoms with E-state index < -0.39 is 0 Å². The van der Waals surface area contributed by atoms with E-state index in [-0.39, 0.29) is 12.0 Å². The first kappa shape index (κ1) is 10.7. The second-order valence-corrected chi connectivity index (χ2v) is 3.02. The molecule has 1 atom stereocenters. The molecular weight excluding hydrogens is 180 g/mol. The average Bonchev–Trinajstić information content (AvgIpc) is 2.26. The van der Waals surface area contributed by atoms with Crippen LogP contribution in [-0.4, -0.2) is 18.6 Å². The molecule has 14 heavy (non-hydrogen) atoms. The molecule has 0 aliphatic carbocycles. The number of hydrogen-bond donors (Lipinski definition) is 2. The summed E-state index contributed by atoms with van der Waals surface area (Å²) in [6, 6.07) is 9.00. The van der Waals surface area contributed by atoms with Gasteiger partial charge in [-0.2, -0.15) is 0 Å². The fourth-order valence-electron chi connectivity index (χ4n) is 0.976. The van der Waals surface area contributed by atoms with E-state index in [4.69, 9.17) is 5.90 Å². The van der Waals surface area contributed by atoms with E-state index in [0.717, 1.165) is 0 Å². The molecule has 0 heterocycles. The van der Waals surface area contributed by atoms with Crippen molar-refractivity contribution in [2.75, 3.05) is 6.54 Å². The van der Waals surface area contributed by atoms with Crippen molar-refractivity contribution in [3.63, 3.8) is 0 Å². The number of carbonyl (C=O) groups is 1. The summed E-state index contributed by atoms with van der Waals surface area (Å²) < 4.78 is 0. The van der Waals surface area contributed by atoms with Gasteiger partial charge in [-0.25, -0.2) is 5.90 Å². The molecule has 4 heteroatoms. The molecule has 0 aromatic heterocycles. The van der Waals surface area contributed by atoms with Crippen molar-refractivity contribution in [1.29, 1.82) is 0 Å². The lowest BCUT2D eigenvalue weighted by Gasteiger charge is -2.09. The van der Waals surface area contributed by atoms with E-state index in [0.29, 0.717) is 12.1 Å². The van der Waals surface area contributed by atoms with Gasteiger partial charge in [0.15, 0.2) is 0 Å².